The van der Waals surface area contributed by atoms with Crippen molar-refractivity contribution in [3.63, 3.8) is 0 Å². The topological polar surface area (TPSA) is 182 Å². The van der Waals surface area contributed by atoms with E-state index < -0.39 is 18.0 Å². The maximum Gasteiger partial charge on any atom is 0.373 e. The SMILES string of the molecule is CCN(C(=O)Cc1ccc(OC(=O)c2ccc(N=C(N)N)cc2)cc1Cl)[C@@H](Cc1ccccc1)C(=O)O.Cl.O=C=O. The number of benzene rings is 3. The van der Waals surface area contributed by atoms with Gasteiger partial charge in [-0.25, -0.2) is 14.6 Å². The standard InChI is InChI=1S/C27H27ClN4O5.CO2.ClH/c1-2-32(23(25(34)35)14-17-6-4-3-5-7-17)24(33)15-19-10-13-21(16-22(19)28)37-26(36)18-8-11-20(12-9-18)31-27(29)30;2-1-3;/h3-13,16,23H,2,14-15H2,1H3,(H,34,35)(H4,29,30,31);;1H/t23-;;/m0../s1. The van der Waals surface area contributed by atoms with Crippen LogP contribution in [0.1, 0.15) is 28.4 Å². The predicted molar refractivity (Wildman–Crippen MR) is 153 cm³/mol. The molecule has 41 heavy (non-hydrogen) atoms. The Balaban J connectivity index is 0.00000201. The largest absolute Gasteiger partial charge is 0.480 e. The van der Waals surface area contributed by atoms with Crippen molar-refractivity contribution in [2.45, 2.75) is 25.8 Å². The Labute approximate surface area is 247 Å². The number of amides is 1. The lowest BCUT2D eigenvalue weighted by atomic mass is 10.0. The molecule has 216 valence electrons. The molecular formula is C28H28Cl2N4O7. The second-order valence-electron chi connectivity index (χ2n) is 8.21. The molecule has 0 aromatic heterocycles. The molecule has 11 nitrogen and oxygen atoms in total. The maximum atomic E-state index is 13.1. The van der Waals surface area contributed by atoms with Gasteiger partial charge in [0.1, 0.15) is 11.8 Å². The van der Waals surface area contributed by atoms with E-state index in [0.29, 0.717) is 11.3 Å². The highest BCUT2D eigenvalue weighted by molar-refractivity contribution is 6.31. The number of aliphatic imine (C=N–C) groups is 1. The summed E-state index contributed by atoms with van der Waals surface area (Å²) in [6.07, 6.45) is 0.330. The highest BCUT2D eigenvalue weighted by Gasteiger charge is 2.29. The zero-order chi connectivity index (χ0) is 29.7. The van der Waals surface area contributed by atoms with Crippen LogP contribution in [-0.2, 0) is 32.0 Å². The highest BCUT2D eigenvalue weighted by atomic mass is 35.5. The fourth-order valence-corrected chi connectivity index (χ4v) is 3.96. The number of halogens is 2. The number of nitrogens with zero attached hydrogens (tertiary/aromatic N) is 2. The molecule has 0 saturated carbocycles. The highest BCUT2D eigenvalue weighted by Crippen LogP contribution is 2.25. The van der Waals surface area contributed by atoms with Crippen LogP contribution in [0, 0.1) is 0 Å². The molecule has 13 heteroatoms. The average Bonchev–Trinajstić information content (AvgIpc) is 2.91. The number of hydrogen-bond acceptors (Lipinski definition) is 7. The molecule has 0 aliphatic carbocycles. The molecule has 0 spiro atoms. The quantitative estimate of drug-likeness (QED) is 0.135. The molecule has 0 bridgehead atoms. The van der Waals surface area contributed by atoms with Crippen molar-refractivity contribution >= 4 is 59.7 Å². The first-order valence-electron chi connectivity index (χ1n) is 11.8. The number of carboxylic acids is 1. The van der Waals surface area contributed by atoms with E-state index in [9.17, 15) is 19.5 Å². The van der Waals surface area contributed by atoms with Crippen LogP contribution < -0.4 is 16.2 Å². The summed E-state index contributed by atoms with van der Waals surface area (Å²) in [4.78, 5) is 59.0. The molecule has 0 aliphatic heterocycles. The lowest BCUT2D eigenvalue weighted by molar-refractivity contribution is -0.191. The Morgan fingerprint density at radius 3 is 2.15 bits per heavy atom. The first-order valence-corrected chi connectivity index (χ1v) is 12.2. The number of carbonyl (C=O) groups excluding carboxylic acids is 4. The van der Waals surface area contributed by atoms with Gasteiger partial charge < -0.3 is 26.2 Å². The first kappa shape index (κ1) is 34.3. The van der Waals surface area contributed by atoms with Crippen LogP contribution >= 0.6 is 24.0 Å². The van der Waals surface area contributed by atoms with Crippen LogP contribution in [0.4, 0.5) is 5.69 Å². The van der Waals surface area contributed by atoms with Crippen molar-refractivity contribution in [2.75, 3.05) is 6.54 Å². The summed E-state index contributed by atoms with van der Waals surface area (Å²) in [7, 11) is 0. The summed E-state index contributed by atoms with van der Waals surface area (Å²) >= 11 is 6.38. The van der Waals surface area contributed by atoms with Crippen LogP contribution in [0.25, 0.3) is 0 Å². The van der Waals surface area contributed by atoms with E-state index >= 15 is 0 Å². The first-order chi connectivity index (χ1) is 19.1. The normalized spacial score (nSPS) is 10.4. The van der Waals surface area contributed by atoms with E-state index in [0.717, 1.165) is 5.56 Å². The van der Waals surface area contributed by atoms with Gasteiger partial charge in [-0.3, -0.25) is 4.79 Å². The van der Waals surface area contributed by atoms with Crippen LogP contribution in [0.3, 0.4) is 0 Å². The van der Waals surface area contributed by atoms with E-state index in [-0.39, 0.29) is 66.1 Å². The third-order valence-corrected chi connectivity index (χ3v) is 5.88. The van der Waals surface area contributed by atoms with E-state index in [1.807, 2.05) is 30.3 Å². The molecule has 0 radical (unpaired) electrons. The average molecular weight is 603 g/mol. The molecule has 5 N–H and O–H groups in total. The molecule has 1 amide bonds. The van der Waals surface area contributed by atoms with Gasteiger partial charge in [0, 0.05) is 18.0 Å². The minimum Gasteiger partial charge on any atom is -0.480 e. The van der Waals surface area contributed by atoms with Gasteiger partial charge in [-0.15, -0.1) is 12.4 Å². The van der Waals surface area contributed by atoms with Gasteiger partial charge in [-0.1, -0.05) is 48.0 Å². The molecule has 1 atom stereocenters. The number of carboxylic acid groups (broad SMARTS) is 1. The van der Waals surface area contributed by atoms with Crippen LogP contribution in [-0.4, -0.2) is 52.5 Å². The van der Waals surface area contributed by atoms with Crippen LogP contribution in [0.5, 0.6) is 5.75 Å². The molecule has 0 saturated heterocycles. The Morgan fingerprint density at radius 2 is 1.63 bits per heavy atom. The fourth-order valence-electron chi connectivity index (χ4n) is 3.73. The van der Waals surface area contributed by atoms with Gasteiger partial charge in [-0.2, -0.15) is 9.59 Å². The lowest BCUT2D eigenvalue weighted by Crippen LogP contribution is -2.47. The summed E-state index contributed by atoms with van der Waals surface area (Å²) in [5.41, 5.74) is 12.7. The second kappa shape index (κ2) is 17.1. The van der Waals surface area contributed by atoms with E-state index in [1.54, 1.807) is 25.1 Å². The Kier molecular flexibility index (Phi) is 14.3. The molecule has 3 aromatic carbocycles. The van der Waals surface area contributed by atoms with Crippen molar-refractivity contribution in [1.82, 2.24) is 4.90 Å². The maximum absolute atomic E-state index is 13.1. The Morgan fingerprint density at radius 1 is 1.02 bits per heavy atom. The van der Waals surface area contributed by atoms with Gasteiger partial charge in [0.2, 0.25) is 5.91 Å². The number of rotatable bonds is 10. The molecule has 3 rings (SSSR count). The van der Waals surface area contributed by atoms with Gasteiger partial charge in [0.25, 0.3) is 0 Å². The van der Waals surface area contributed by atoms with Crippen molar-refractivity contribution in [3.8, 4) is 5.75 Å². The zero-order valence-electron chi connectivity index (χ0n) is 21.9. The van der Waals surface area contributed by atoms with Crippen molar-refractivity contribution in [2.24, 2.45) is 16.5 Å². The zero-order valence-corrected chi connectivity index (χ0v) is 23.4. The third-order valence-electron chi connectivity index (χ3n) is 5.53. The number of nitrogens with two attached hydrogens (primary N) is 2. The number of aliphatic carboxylic acids is 1. The summed E-state index contributed by atoms with van der Waals surface area (Å²) in [6, 6.07) is 18.8. The van der Waals surface area contributed by atoms with Crippen molar-refractivity contribution in [3.05, 3.63) is 94.5 Å². The van der Waals surface area contributed by atoms with Crippen LogP contribution in [0.2, 0.25) is 5.02 Å². The molecular weight excluding hydrogens is 575 g/mol. The predicted octanol–water partition coefficient (Wildman–Crippen LogP) is 3.39. The number of carbonyl (C=O) groups is 3. The lowest BCUT2D eigenvalue weighted by Gasteiger charge is -2.28. The monoisotopic (exact) mass is 602 g/mol. The van der Waals surface area contributed by atoms with Gasteiger partial charge >= 0.3 is 18.1 Å². The summed E-state index contributed by atoms with van der Waals surface area (Å²) < 4.78 is 5.39. The number of ether oxygens (including phenoxy) is 1. The summed E-state index contributed by atoms with van der Waals surface area (Å²) in [6.45, 7) is 1.95. The van der Waals surface area contributed by atoms with Crippen LogP contribution in [0.15, 0.2) is 77.8 Å². The fraction of sp³-hybridized carbons (Fsp3) is 0.179. The van der Waals surface area contributed by atoms with E-state index in [2.05, 4.69) is 4.99 Å². The minimum atomic E-state index is -1.08. The number of esters is 1. The summed E-state index contributed by atoms with van der Waals surface area (Å²) in [5, 5.41) is 10.0. The van der Waals surface area contributed by atoms with E-state index in [4.69, 9.17) is 37.4 Å². The third kappa shape index (κ3) is 10.8. The van der Waals surface area contributed by atoms with E-state index in [1.165, 1.54) is 29.2 Å². The van der Waals surface area contributed by atoms with Crippen molar-refractivity contribution in [1.29, 1.82) is 0 Å². The number of likely N-dealkylation sites (N-methyl/N-ethyl adjacent to an activating group) is 1. The minimum absolute atomic E-state index is 0. The van der Waals surface area contributed by atoms with Gasteiger partial charge in [0.15, 0.2) is 5.96 Å². The summed E-state index contributed by atoms with van der Waals surface area (Å²) in [5.74, 6) is -1.98. The van der Waals surface area contributed by atoms with Gasteiger partial charge in [-0.05, 0) is 54.4 Å². The number of guanidine groups is 1. The van der Waals surface area contributed by atoms with Gasteiger partial charge in [0.05, 0.1) is 17.7 Å². The molecule has 0 fully saturated rings. The smallest absolute Gasteiger partial charge is 0.373 e. The molecule has 3 aromatic rings. The second-order valence-corrected chi connectivity index (χ2v) is 8.62. The number of hydrogen-bond donors (Lipinski definition) is 3. The van der Waals surface area contributed by atoms with Crippen molar-refractivity contribution < 1.29 is 33.8 Å². The molecule has 0 unspecified atom stereocenters. The Bertz CT molecular complexity index is 1390. The molecule has 0 heterocycles. The molecule has 0 aliphatic rings. The Hall–Kier alpha value is -4.70.